The van der Waals surface area contributed by atoms with E-state index in [1.165, 1.54) is 0 Å². The molecular weight excluding hydrogens is 218 g/mol. The van der Waals surface area contributed by atoms with Gasteiger partial charge in [0.15, 0.2) is 0 Å². The van der Waals surface area contributed by atoms with E-state index in [1.807, 2.05) is 18.7 Å². The molecule has 0 aromatic rings. The maximum atomic E-state index is 12.1. The molecule has 0 heterocycles. The summed E-state index contributed by atoms with van der Waals surface area (Å²) in [5.74, 6) is -0.817. The molecule has 1 amide bonds. The van der Waals surface area contributed by atoms with Crippen LogP contribution < -0.4 is 0 Å². The summed E-state index contributed by atoms with van der Waals surface area (Å²) >= 11 is 0. The van der Waals surface area contributed by atoms with Gasteiger partial charge in [-0.15, -0.1) is 6.58 Å². The van der Waals surface area contributed by atoms with E-state index in [-0.39, 0.29) is 18.7 Å². The fourth-order valence-corrected chi connectivity index (χ4v) is 1.96. The van der Waals surface area contributed by atoms with Crippen LogP contribution in [-0.4, -0.2) is 34.5 Å². The third-order valence-corrected chi connectivity index (χ3v) is 2.89. The monoisotopic (exact) mass is 239 g/mol. The molecule has 0 bridgehead atoms. The van der Waals surface area contributed by atoms with Crippen LogP contribution in [0.2, 0.25) is 0 Å². The number of carboxylic acids is 1. The highest BCUT2D eigenvalue weighted by atomic mass is 16.4. The quantitative estimate of drug-likeness (QED) is 0.692. The Balaban J connectivity index is 2.56. The minimum Gasteiger partial charge on any atom is -0.481 e. The topological polar surface area (TPSA) is 57.6 Å². The van der Waals surface area contributed by atoms with Crippen LogP contribution in [0.5, 0.6) is 0 Å². The van der Waals surface area contributed by atoms with Gasteiger partial charge in [-0.25, -0.2) is 0 Å². The fraction of sp³-hybridized carbons (Fsp3) is 0.692. The van der Waals surface area contributed by atoms with Crippen molar-refractivity contribution in [3.8, 4) is 0 Å². The molecule has 1 N–H and O–H groups in total. The van der Waals surface area contributed by atoms with Crippen LogP contribution in [0.25, 0.3) is 0 Å². The normalized spacial score (nSPS) is 15.4. The zero-order valence-corrected chi connectivity index (χ0v) is 10.6. The number of carbonyl (C=O) groups is 2. The van der Waals surface area contributed by atoms with E-state index < -0.39 is 11.4 Å². The average Bonchev–Trinajstić information content (AvgIpc) is 2.93. The van der Waals surface area contributed by atoms with E-state index in [0.717, 1.165) is 12.8 Å². The number of aliphatic carboxylic acids is 1. The molecule has 1 fully saturated rings. The standard InChI is InChI=1S/C13H21NO3/c1-4-7-14(10-5-6-10)11(15)8-13(2,3)9-12(16)17/h4,10H,1,5-9H2,2-3H3,(H,16,17). The molecule has 0 saturated heterocycles. The van der Waals surface area contributed by atoms with Gasteiger partial charge in [0.1, 0.15) is 0 Å². The van der Waals surface area contributed by atoms with E-state index in [0.29, 0.717) is 12.6 Å². The largest absolute Gasteiger partial charge is 0.481 e. The van der Waals surface area contributed by atoms with Crippen LogP contribution in [-0.2, 0) is 9.59 Å². The lowest BCUT2D eigenvalue weighted by Gasteiger charge is -2.27. The number of hydrogen-bond acceptors (Lipinski definition) is 2. The van der Waals surface area contributed by atoms with Crippen molar-refractivity contribution in [2.24, 2.45) is 5.41 Å². The van der Waals surface area contributed by atoms with Crippen LogP contribution in [0.4, 0.5) is 0 Å². The molecule has 1 rings (SSSR count). The Bertz CT molecular complexity index is 319. The minimum atomic E-state index is -0.857. The molecule has 1 aliphatic rings. The summed E-state index contributed by atoms with van der Waals surface area (Å²) in [4.78, 5) is 24.6. The van der Waals surface area contributed by atoms with Gasteiger partial charge in [0.25, 0.3) is 0 Å². The first-order valence-electron chi connectivity index (χ1n) is 5.98. The SMILES string of the molecule is C=CCN(C(=O)CC(C)(C)CC(=O)O)C1CC1. The van der Waals surface area contributed by atoms with Crippen LogP contribution in [0.1, 0.15) is 39.5 Å². The second-order valence-electron chi connectivity index (χ2n) is 5.48. The van der Waals surface area contributed by atoms with E-state index in [9.17, 15) is 9.59 Å². The maximum Gasteiger partial charge on any atom is 0.303 e. The summed E-state index contributed by atoms with van der Waals surface area (Å²) in [6.07, 6.45) is 4.13. The van der Waals surface area contributed by atoms with Crippen molar-refractivity contribution in [2.75, 3.05) is 6.54 Å². The highest BCUT2D eigenvalue weighted by Gasteiger charge is 2.34. The Morgan fingerprint density at radius 2 is 2.00 bits per heavy atom. The summed E-state index contributed by atoms with van der Waals surface area (Å²) in [6.45, 7) is 7.85. The van der Waals surface area contributed by atoms with Crippen molar-refractivity contribution >= 4 is 11.9 Å². The summed E-state index contributed by atoms with van der Waals surface area (Å²) in [6, 6.07) is 0.348. The summed E-state index contributed by atoms with van der Waals surface area (Å²) in [5, 5.41) is 8.78. The van der Waals surface area contributed by atoms with Gasteiger partial charge in [0.05, 0.1) is 6.42 Å². The lowest BCUT2D eigenvalue weighted by atomic mass is 9.85. The predicted molar refractivity (Wildman–Crippen MR) is 65.6 cm³/mol. The molecule has 0 atom stereocenters. The Morgan fingerprint density at radius 1 is 1.41 bits per heavy atom. The number of carboxylic acid groups (broad SMARTS) is 1. The molecule has 1 saturated carbocycles. The molecule has 0 radical (unpaired) electrons. The smallest absolute Gasteiger partial charge is 0.303 e. The Hall–Kier alpha value is -1.32. The van der Waals surface area contributed by atoms with Crippen molar-refractivity contribution in [2.45, 2.75) is 45.6 Å². The van der Waals surface area contributed by atoms with Crippen LogP contribution in [0, 0.1) is 5.41 Å². The van der Waals surface area contributed by atoms with Gasteiger partial charge in [0.2, 0.25) is 5.91 Å². The number of rotatable bonds is 7. The van der Waals surface area contributed by atoms with Gasteiger partial charge in [-0.3, -0.25) is 9.59 Å². The number of carbonyl (C=O) groups excluding carboxylic acids is 1. The number of nitrogens with zero attached hydrogens (tertiary/aromatic N) is 1. The second kappa shape index (κ2) is 5.34. The van der Waals surface area contributed by atoms with Gasteiger partial charge >= 0.3 is 5.97 Å². The van der Waals surface area contributed by atoms with Crippen molar-refractivity contribution in [3.63, 3.8) is 0 Å². The second-order valence-corrected chi connectivity index (χ2v) is 5.48. The lowest BCUT2D eigenvalue weighted by Crippen LogP contribution is -2.36. The zero-order valence-electron chi connectivity index (χ0n) is 10.6. The van der Waals surface area contributed by atoms with Gasteiger partial charge in [-0.05, 0) is 18.3 Å². The van der Waals surface area contributed by atoms with E-state index >= 15 is 0 Å². The zero-order chi connectivity index (χ0) is 13.1. The van der Waals surface area contributed by atoms with Crippen molar-refractivity contribution in [1.82, 2.24) is 4.90 Å². The molecule has 1 aliphatic carbocycles. The molecule has 0 aromatic carbocycles. The number of amides is 1. The molecule has 17 heavy (non-hydrogen) atoms. The van der Waals surface area contributed by atoms with Crippen molar-refractivity contribution in [1.29, 1.82) is 0 Å². The average molecular weight is 239 g/mol. The summed E-state index contributed by atoms with van der Waals surface area (Å²) < 4.78 is 0. The maximum absolute atomic E-state index is 12.1. The third kappa shape index (κ3) is 4.59. The first-order valence-corrected chi connectivity index (χ1v) is 5.98. The molecule has 0 aromatic heterocycles. The first-order chi connectivity index (χ1) is 7.85. The Morgan fingerprint density at radius 3 is 2.41 bits per heavy atom. The van der Waals surface area contributed by atoms with E-state index in [2.05, 4.69) is 6.58 Å². The summed E-state index contributed by atoms with van der Waals surface area (Å²) in [5.41, 5.74) is -0.489. The molecule has 0 spiro atoms. The van der Waals surface area contributed by atoms with Gasteiger partial charge in [0, 0.05) is 19.0 Å². The summed E-state index contributed by atoms with van der Waals surface area (Å²) in [7, 11) is 0. The Labute approximate surface area is 102 Å². The molecule has 96 valence electrons. The first kappa shape index (κ1) is 13.7. The van der Waals surface area contributed by atoms with Crippen molar-refractivity contribution < 1.29 is 14.7 Å². The van der Waals surface area contributed by atoms with Gasteiger partial charge in [-0.1, -0.05) is 19.9 Å². The molecule has 4 heteroatoms. The fourth-order valence-electron chi connectivity index (χ4n) is 1.96. The van der Waals surface area contributed by atoms with Crippen LogP contribution in [0.3, 0.4) is 0 Å². The molecule has 0 unspecified atom stereocenters. The molecule has 0 aliphatic heterocycles. The number of hydrogen-bond donors (Lipinski definition) is 1. The molecular formula is C13H21NO3. The van der Waals surface area contributed by atoms with Crippen LogP contribution >= 0.6 is 0 Å². The van der Waals surface area contributed by atoms with E-state index in [4.69, 9.17) is 5.11 Å². The predicted octanol–water partition coefficient (Wildman–Crippen LogP) is 2.05. The lowest BCUT2D eigenvalue weighted by molar-refractivity contribution is -0.140. The van der Waals surface area contributed by atoms with Gasteiger partial charge < -0.3 is 10.0 Å². The highest BCUT2D eigenvalue weighted by molar-refractivity contribution is 5.78. The van der Waals surface area contributed by atoms with Gasteiger partial charge in [-0.2, -0.15) is 0 Å². The highest BCUT2D eigenvalue weighted by Crippen LogP contribution is 2.31. The van der Waals surface area contributed by atoms with E-state index in [1.54, 1.807) is 6.08 Å². The molecule has 4 nitrogen and oxygen atoms in total. The van der Waals surface area contributed by atoms with Crippen LogP contribution in [0.15, 0.2) is 12.7 Å². The Kier molecular flexibility index (Phi) is 4.32. The van der Waals surface area contributed by atoms with Crippen molar-refractivity contribution in [3.05, 3.63) is 12.7 Å². The third-order valence-electron chi connectivity index (χ3n) is 2.89. The minimum absolute atomic E-state index is 0.0192.